The molecule has 0 spiro atoms. The van der Waals surface area contributed by atoms with Crippen molar-refractivity contribution in [2.75, 3.05) is 0 Å². The van der Waals surface area contributed by atoms with Crippen LogP contribution in [0.25, 0.3) is 0 Å². The third-order valence-corrected chi connectivity index (χ3v) is 1.60. The Morgan fingerprint density at radius 3 is 1.43 bits per heavy atom. The molecule has 0 aliphatic rings. The van der Waals surface area contributed by atoms with Crippen molar-refractivity contribution in [3.63, 3.8) is 0 Å². The smallest absolute Gasteiger partial charge is 0.406 e. The predicted octanol–water partition coefficient (Wildman–Crippen LogP) is 4.38. The van der Waals surface area contributed by atoms with Crippen LogP contribution in [0.3, 0.4) is 0 Å². The Kier molecular flexibility index (Phi) is 4.39. The molecule has 0 bridgehead atoms. The van der Waals surface area contributed by atoms with E-state index < -0.39 is 36.3 Å². The Morgan fingerprint density at radius 2 is 1.00 bits per heavy atom. The number of hydrogen-bond acceptors (Lipinski definition) is 3. The molecule has 21 heavy (non-hydrogen) atoms. The maximum Gasteiger partial charge on any atom is 0.573 e. The molecule has 12 heteroatoms. The summed E-state index contributed by atoms with van der Waals surface area (Å²) in [5, 5.41) is 0. The maximum absolute atomic E-state index is 12.0. The van der Waals surface area contributed by atoms with Crippen LogP contribution in [0.4, 0.5) is 39.5 Å². The number of halogens is 9. The minimum Gasteiger partial charge on any atom is -0.406 e. The van der Waals surface area contributed by atoms with Crippen molar-refractivity contribution in [1.29, 1.82) is 0 Å². The van der Waals surface area contributed by atoms with Gasteiger partial charge in [-0.05, 0) is 12.1 Å². The van der Waals surface area contributed by atoms with Gasteiger partial charge in [0.05, 0.1) is 0 Å². The fourth-order valence-corrected chi connectivity index (χ4v) is 1.10. The van der Waals surface area contributed by atoms with Gasteiger partial charge in [0.2, 0.25) is 0 Å². The van der Waals surface area contributed by atoms with Crippen molar-refractivity contribution in [2.45, 2.75) is 19.1 Å². The second-order valence-corrected chi connectivity index (χ2v) is 3.25. The first kappa shape index (κ1) is 17.0. The van der Waals surface area contributed by atoms with E-state index in [-0.39, 0.29) is 12.1 Å². The summed E-state index contributed by atoms with van der Waals surface area (Å²) in [7, 11) is 0. The lowest BCUT2D eigenvalue weighted by Gasteiger charge is -2.16. The minimum atomic E-state index is -5.44. The molecular formula is C9H3F9O3. The molecule has 0 saturated heterocycles. The highest BCUT2D eigenvalue weighted by Crippen LogP contribution is 2.39. The molecule has 1 aromatic rings. The fraction of sp³-hybridized carbons (Fsp3) is 0.333. The van der Waals surface area contributed by atoms with Crippen LogP contribution in [0, 0.1) is 0 Å². The summed E-state index contributed by atoms with van der Waals surface area (Å²) < 4.78 is 117. The molecule has 0 saturated carbocycles. The van der Waals surface area contributed by atoms with Crippen LogP contribution in [0.1, 0.15) is 0 Å². The molecule has 0 aliphatic heterocycles. The molecule has 0 atom stereocenters. The quantitative estimate of drug-likeness (QED) is 0.770. The topological polar surface area (TPSA) is 27.7 Å². The minimum absolute atomic E-state index is 0.0396. The van der Waals surface area contributed by atoms with E-state index in [1.807, 2.05) is 0 Å². The zero-order chi connectivity index (χ0) is 16.5. The molecule has 0 heterocycles. The van der Waals surface area contributed by atoms with Gasteiger partial charge in [-0.25, -0.2) is 0 Å². The largest absolute Gasteiger partial charge is 0.573 e. The third-order valence-electron chi connectivity index (χ3n) is 1.60. The van der Waals surface area contributed by atoms with Gasteiger partial charge in [0.25, 0.3) is 0 Å². The monoisotopic (exact) mass is 330 g/mol. The van der Waals surface area contributed by atoms with Crippen molar-refractivity contribution in [3.05, 3.63) is 18.2 Å². The first-order chi connectivity index (χ1) is 9.25. The summed E-state index contributed by atoms with van der Waals surface area (Å²) in [6.07, 6.45) is -16.1. The Labute approximate surface area is 109 Å². The van der Waals surface area contributed by atoms with E-state index in [9.17, 15) is 39.5 Å². The van der Waals surface area contributed by atoms with E-state index in [4.69, 9.17) is 0 Å². The SMILES string of the molecule is FC(F)(F)Oc1ccc(OC(F)(F)F)c(OC(F)(F)F)c1. The Bertz CT molecular complexity index is 489. The summed E-state index contributed by atoms with van der Waals surface area (Å²) in [5.41, 5.74) is 0. The van der Waals surface area contributed by atoms with Crippen molar-refractivity contribution < 1.29 is 53.7 Å². The molecule has 0 unspecified atom stereocenters. The highest BCUT2D eigenvalue weighted by molar-refractivity contribution is 5.45. The van der Waals surface area contributed by atoms with Crippen LogP contribution in [-0.4, -0.2) is 19.1 Å². The molecule has 0 fully saturated rings. The molecular weight excluding hydrogens is 327 g/mol. The van der Waals surface area contributed by atoms with Crippen LogP contribution >= 0.6 is 0 Å². The predicted molar refractivity (Wildman–Crippen MR) is 46.5 cm³/mol. The number of benzene rings is 1. The average molecular weight is 330 g/mol. The van der Waals surface area contributed by atoms with Crippen molar-refractivity contribution in [2.24, 2.45) is 0 Å². The van der Waals surface area contributed by atoms with Crippen LogP contribution in [0.2, 0.25) is 0 Å². The summed E-state index contributed by atoms with van der Waals surface area (Å²) in [4.78, 5) is 0. The first-order valence-corrected chi connectivity index (χ1v) is 4.66. The molecule has 0 aliphatic carbocycles. The van der Waals surface area contributed by atoms with Crippen molar-refractivity contribution >= 4 is 0 Å². The Balaban J connectivity index is 3.14. The van der Waals surface area contributed by atoms with E-state index in [1.165, 1.54) is 0 Å². The molecule has 1 rings (SSSR count). The third kappa shape index (κ3) is 6.81. The average Bonchev–Trinajstić information content (AvgIpc) is 2.15. The van der Waals surface area contributed by atoms with Crippen LogP contribution < -0.4 is 14.2 Å². The molecule has 0 amide bonds. The normalized spacial score (nSPS) is 13.0. The van der Waals surface area contributed by atoms with Gasteiger partial charge in [-0.1, -0.05) is 0 Å². The fourth-order valence-electron chi connectivity index (χ4n) is 1.10. The second kappa shape index (κ2) is 5.41. The molecule has 0 radical (unpaired) electrons. The van der Waals surface area contributed by atoms with Gasteiger partial charge in [-0.2, -0.15) is 0 Å². The number of rotatable bonds is 3. The van der Waals surface area contributed by atoms with Crippen LogP contribution in [-0.2, 0) is 0 Å². The summed E-state index contributed by atoms with van der Waals surface area (Å²) in [6, 6.07) is 0.482. The van der Waals surface area contributed by atoms with Crippen molar-refractivity contribution in [1.82, 2.24) is 0 Å². The van der Waals surface area contributed by atoms with Crippen LogP contribution in [0.5, 0.6) is 17.2 Å². The lowest BCUT2D eigenvalue weighted by atomic mass is 10.3. The lowest BCUT2D eigenvalue weighted by Crippen LogP contribution is -2.22. The molecule has 0 N–H and O–H groups in total. The van der Waals surface area contributed by atoms with E-state index in [0.717, 1.165) is 0 Å². The Morgan fingerprint density at radius 1 is 0.571 bits per heavy atom. The summed E-state index contributed by atoms with van der Waals surface area (Å²) in [6.45, 7) is 0. The number of alkyl halides is 9. The van der Waals surface area contributed by atoms with Gasteiger partial charge in [0, 0.05) is 6.07 Å². The van der Waals surface area contributed by atoms with Gasteiger partial charge in [0.15, 0.2) is 11.5 Å². The van der Waals surface area contributed by atoms with Gasteiger partial charge < -0.3 is 14.2 Å². The summed E-state index contributed by atoms with van der Waals surface area (Å²) >= 11 is 0. The standard InChI is InChI=1S/C9H3F9O3/c10-7(11,12)19-4-1-2-5(20-8(13,14)15)6(3-4)21-9(16,17)18/h1-3H. The van der Waals surface area contributed by atoms with E-state index >= 15 is 0 Å². The van der Waals surface area contributed by atoms with Gasteiger partial charge in [-0.3, -0.25) is 0 Å². The second-order valence-electron chi connectivity index (χ2n) is 3.25. The lowest BCUT2D eigenvalue weighted by molar-refractivity contribution is -0.287. The molecule has 120 valence electrons. The number of hydrogen-bond donors (Lipinski definition) is 0. The molecule has 3 nitrogen and oxygen atoms in total. The first-order valence-electron chi connectivity index (χ1n) is 4.66. The van der Waals surface area contributed by atoms with E-state index in [1.54, 1.807) is 0 Å². The van der Waals surface area contributed by atoms with Gasteiger partial charge in [-0.15, -0.1) is 39.5 Å². The number of ether oxygens (including phenoxy) is 3. The summed E-state index contributed by atoms with van der Waals surface area (Å²) in [5.74, 6) is -4.33. The van der Waals surface area contributed by atoms with Crippen LogP contribution in [0.15, 0.2) is 18.2 Å². The van der Waals surface area contributed by atoms with Gasteiger partial charge >= 0.3 is 19.1 Å². The Hall–Kier alpha value is -2.01. The zero-order valence-corrected chi connectivity index (χ0v) is 9.36. The van der Waals surface area contributed by atoms with E-state index in [0.29, 0.717) is 6.07 Å². The van der Waals surface area contributed by atoms with E-state index in [2.05, 4.69) is 14.2 Å². The highest BCUT2D eigenvalue weighted by Gasteiger charge is 2.37. The highest BCUT2D eigenvalue weighted by atomic mass is 19.4. The van der Waals surface area contributed by atoms with Crippen molar-refractivity contribution in [3.8, 4) is 17.2 Å². The maximum atomic E-state index is 12.0. The molecule has 0 aromatic heterocycles. The molecule has 1 aromatic carbocycles. The zero-order valence-electron chi connectivity index (χ0n) is 9.36. The van der Waals surface area contributed by atoms with Gasteiger partial charge in [0.1, 0.15) is 5.75 Å².